The van der Waals surface area contributed by atoms with Crippen molar-refractivity contribution >= 4 is 17.3 Å². The van der Waals surface area contributed by atoms with Gasteiger partial charge in [0.05, 0.1) is 17.9 Å². The molecule has 1 unspecified atom stereocenters. The first kappa shape index (κ1) is 22.0. The molecule has 1 N–H and O–H groups in total. The van der Waals surface area contributed by atoms with Gasteiger partial charge in [0.2, 0.25) is 0 Å². The van der Waals surface area contributed by atoms with E-state index in [9.17, 15) is 4.79 Å². The second-order valence-electron chi connectivity index (χ2n) is 7.98. The van der Waals surface area contributed by atoms with Crippen LogP contribution >= 0.6 is 0 Å². The molecule has 1 atom stereocenters. The maximum absolute atomic E-state index is 12.5. The lowest BCUT2D eigenvalue weighted by molar-refractivity contribution is 0.0827. The van der Waals surface area contributed by atoms with Gasteiger partial charge >= 0.3 is 0 Å². The fourth-order valence-corrected chi connectivity index (χ4v) is 3.68. The standard InChI is InChI=1S/C24H34N4O2/c1-5-27-13-15-28(16-14-27)23-12-11-20(24(29)26(3)4)17-22(23)25-18-19(2)30-21-9-7-6-8-10-21/h6-12,17,19,25H,5,13-16,18H2,1-4H3. The number of benzene rings is 2. The van der Waals surface area contributed by atoms with Gasteiger partial charge in [0.15, 0.2) is 0 Å². The van der Waals surface area contributed by atoms with Gasteiger partial charge < -0.3 is 24.8 Å². The molecule has 0 bridgehead atoms. The van der Waals surface area contributed by atoms with Gasteiger partial charge in [-0.15, -0.1) is 0 Å². The maximum atomic E-state index is 12.5. The summed E-state index contributed by atoms with van der Waals surface area (Å²) in [4.78, 5) is 19.0. The van der Waals surface area contributed by atoms with Gasteiger partial charge in [0.25, 0.3) is 5.91 Å². The van der Waals surface area contributed by atoms with E-state index < -0.39 is 0 Å². The van der Waals surface area contributed by atoms with Gasteiger partial charge in [0.1, 0.15) is 11.9 Å². The number of hydrogen-bond acceptors (Lipinski definition) is 5. The number of likely N-dealkylation sites (N-methyl/N-ethyl adjacent to an activating group) is 1. The summed E-state index contributed by atoms with van der Waals surface area (Å²) in [6.07, 6.45) is -0.00889. The highest BCUT2D eigenvalue weighted by atomic mass is 16.5. The molecule has 0 radical (unpaired) electrons. The Bertz CT molecular complexity index is 817. The fourth-order valence-electron chi connectivity index (χ4n) is 3.68. The van der Waals surface area contributed by atoms with Gasteiger partial charge in [-0.05, 0) is 43.8 Å². The normalized spacial score (nSPS) is 15.5. The summed E-state index contributed by atoms with van der Waals surface area (Å²) in [5, 5.41) is 3.54. The van der Waals surface area contributed by atoms with Crippen LogP contribution in [0.2, 0.25) is 0 Å². The van der Waals surface area contributed by atoms with Crippen LogP contribution in [0.1, 0.15) is 24.2 Å². The molecular weight excluding hydrogens is 376 g/mol. The second kappa shape index (κ2) is 10.3. The van der Waals surface area contributed by atoms with E-state index in [4.69, 9.17) is 4.74 Å². The maximum Gasteiger partial charge on any atom is 0.253 e. The third kappa shape index (κ3) is 5.66. The third-order valence-corrected chi connectivity index (χ3v) is 5.47. The van der Waals surface area contributed by atoms with Crippen LogP contribution in [0.25, 0.3) is 0 Å². The molecule has 1 heterocycles. The van der Waals surface area contributed by atoms with E-state index >= 15 is 0 Å². The van der Waals surface area contributed by atoms with Crippen LogP contribution in [0.5, 0.6) is 5.75 Å². The summed E-state index contributed by atoms with van der Waals surface area (Å²) < 4.78 is 6.01. The highest BCUT2D eigenvalue weighted by Gasteiger charge is 2.20. The molecule has 1 aliphatic rings. The summed E-state index contributed by atoms with van der Waals surface area (Å²) in [7, 11) is 3.56. The van der Waals surface area contributed by atoms with Crippen molar-refractivity contribution in [3.63, 3.8) is 0 Å². The number of nitrogens with zero attached hydrogens (tertiary/aromatic N) is 3. The van der Waals surface area contributed by atoms with E-state index in [2.05, 4.69) is 35.0 Å². The number of anilines is 2. The average Bonchev–Trinajstić information content (AvgIpc) is 2.77. The minimum Gasteiger partial charge on any atom is -0.489 e. The molecule has 2 aromatic carbocycles. The number of ether oxygens (including phenoxy) is 1. The molecule has 1 fully saturated rings. The Hall–Kier alpha value is -2.73. The molecular formula is C24H34N4O2. The lowest BCUT2D eigenvalue weighted by Crippen LogP contribution is -2.46. The molecule has 0 aromatic heterocycles. The van der Waals surface area contributed by atoms with Crippen molar-refractivity contribution in [1.29, 1.82) is 0 Å². The number of carbonyl (C=O) groups is 1. The van der Waals surface area contributed by atoms with Gasteiger partial charge in [-0.3, -0.25) is 4.79 Å². The first-order chi connectivity index (χ1) is 14.5. The van der Waals surface area contributed by atoms with Gasteiger partial charge in [-0.25, -0.2) is 0 Å². The zero-order valence-electron chi connectivity index (χ0n) is 18.6. The van der Waals surface area contributed by atoms with Gasteiger partial charge in [-0.1, -0.05) is 25.1 Å². The van der Waals surface area contributed by atoms with Crippen molar-refractivity contribution in [3.05, 3.63) is 54.1 Å². The molecule has 0 spiro atoms. The Kier molecular flexibility index (Phi) is 7.57. The molecule has 2 aromatic rings. The number of rotatable bonds is 8. The number of hydrogen-bond donors (Lipinski definition) is 1. The van der Waals surface area contributed by atoms with E-state index in [0.717, 1.165) is 49.8 Å². The Balaban J connectivity index is 1.74. The predicted octanol–water partition coefficient (Wildman–Crippen LogP) is 3.41. The minimum atomic E-state index is -0.00889. The molecule has 6 heteroatoms. The first-order valence-electron chi connectivity index (χ1n) is 10.8. The molecule has 6 nitrogen and oxygen atoms in total. The summed E-state index contributed by atoms with van der Waals surface area (Å²) >= 11 is 0. The zero-order chi connectivity index (χ0) is 21.5. The van der Waals surface area contributed by atoms with Crippen molar-refractivity contribution in [2.75, 3.05) is 63.6 Å². The lowest BCUT2D eigenvalue weighted by atomic mass is 10.1. The van der Waals surface area contributed by atoms with Crippen LogP contribution in [0.4, 0.5) is 11.4 Å². The van der Waals surface area contributed by atoms with Crippen LogP contribution in [-0.4, -0.2) is 75.2 Å². The predicted molar refractivity (Wildman–Crippen MR) is 124 cm³/mol. The third-order valence-electron chi connectivity index (χ3n) is 5.47. The van der Waals surface area contributed by atoms with Gasteiger partial charge in [0, 0.05) is 45.8 Å². The smallest absolute Gasteiger partial charge is 0.253 e. The number of nitrogens with one attached hydrogen (secondary N) is 1. The summed E-state index contributed by atoms with van der Waals surface area (Å²) in [6, 6.07) is 15.8. The van der Waals surface area contributed by atoms with Crippen molar-refractivity contribution in [1.82, 2.24) is 9.80 Å². The molecule has 1 aliphatic heterocycles. The van der Waals surface area contributed by atoms with Crippen molar-refractivity contribution in [3.8, 4) is 5.75 Å². The van der Waals surface area contributed by atoms with Crippen LogP contribution < -0.4 is 15.0 Å². The number of piperazine rings is 1. The molecule has 3 rings (SSSR count). The molecule has 30 heavy (non-hydrogen) atoms. The zero-order valence-corrected chi connectivity index (χ0v) is 18.6. The summed E-state index contributed by atoms with van der Waals surface area (Å²) in [6.45, 7) is 10.1. The summed E-state index contributed by atoms with van der Waals surface area (Å²) in [5.41, 5.74) is 2.82. The van der Waals surface area contributed by atoms with Crippen molar-refractivity contribution in [2.24, 2.45) is 0 Å². The minimum absolute atomic E-state index is 0.00832. The topological polar surface area (TPSA) is 48.0 Å². The van der Waals surface area contributed by atoms with Crippen LogP contribution in [0, 0.1) is 0 Å². The quantitative estimate of drug-likeness (QED) is 0.723. The fraction of sp³-hybridized carbons (Fsp3) is 0.458. The van der Waals surface area contributed by atoms with E-state index in [1.807, 2.05) is 42.5 Å². The van der Waals surface area contributed by atoms with Crippen LogP contribution in [0.15, 0.2) is 48.5 Å². The molecule has 1 amide bonds. The number of para-hydroxylation sites is 1. The molecule has 1 saturated heterocycles. The molecule has 162 valence electrons. The highest BCUT2D eigenvalue weighted by molar-refractivity contribution is 5.96. The van der Waals surface area contributed by atoms with E-state index in [0.29, 0.717) is 12.1 Å². The number of amides is 1. The Morgan fingerprint density at radius 1 is 1.10 bits per heavy atom. The average molecular weight is 411 g/mol. The van der Waals surface area contributed by atoms with Crippen molar-refractivity contribution < 1.29 is 9.53 Å². The van der Waals surface area contributed by atoms with E-state index in [-0.39, 0.29) is 12.0 Å². The highest BCUT2D eigenvalue weighted by Crippen LogP contribution is 2.29. The van der Waals surface area contributed by atoms with Crippen LogP contribution in [-0.2, 0) is 0 Å². The SMILES string of the molecule is CCN1CCN(c2ccc(C(=O)N(C)C)cc2NCC(C)Oc2ccccc2)CC1. The molecule has 0 saturated carbocycles. The number of carbonyl (C=O) groups excluding carboxylic acids is 1. The van der Waals surface area contributed by atoms with E-state index in [1.54, 1.807) is 19.0 Å². The summed E-state index contributed by atoms with van der Waals surface area (Å²) in [5.74, 6) is 0.869. The van der Waals surface area contributed by atoms with Crippen LogP contribution in [0.3, 0.4) is 0 Å². The monoisotopic (exact) mass is 410 g/mol. The molecule has 0 aliphatic carbocycles. The van der Waals surface area contributed by atoms with Crippen molar-refractivity contribution in [2.45, 2.75) is 20.0 Å². The second-order valence-corrected chi connectivity index (χ2v) is 7.98. The van der Waals surface area contributed by atoms with E-state index in [1.165, 1.54) is 0 Å². The largest absolute Gasteiger partial charge is 0.489 e. The Labute approximate surface area is 180 Å². The lowest BCUT2D eigenvalue weighted by Gasteiger charge is -2.36. The first-order valence-corrected chi connectivity index (χ1v) is 10.8. The Morgan fingerprint density at radius 3 is 2.43 bits per heavy atom. The Morgan fingerprint density at radius 2 is 1.80 bits per heavy atom. The van der Waals surface area contributed by atoms with Gasteiger partial charge in [-0.2, -0.15) is 0 Å².